The molecule has 0 saturated carbocycles. The van der Waals surface area contributed by atoms with Crippen LogP contribution in [0.3, 0.4) is 0 Å². The van der Waals surface area contributed by atoms with Gasteiger partial charge in [0.2, 0.25) is 0 Å². The number of nitrogens with one attached hydrogen (secondary N) is 1. The standard InChI is InChI=1S/C10H9BrN2/c1-6-8-4-7(11)2-3-9(8)13-10(6)5-12/h2-4,6,10,13H,1H3. The summed E-state index contributed by atoms with van der Waals surface area (Å²) in [6.45, 7) is 2.07. The molecule has 0 aliphatic carbocycles. The summed E-state index contributed by atoms with van der Waals surface area (Å²) in [7, 11) is 0. The molecule has 3 heteroatoms. The zero-order chi connectivity index (χ0) is 9.42. The summed E-state index contributed by atoms with van der Waals surface area (Å²) in [6, 6.07) is 8.24. The molecule has 0 fully saturated rings. The molecule has 1 aliphatic rings. The SMILES string of the molecule is CC1c2cc(Br)ccc2NC1C#N. The maximum Gasteiger partial charge on any atom is 0.121 e. The smallest absolute Gasteiger partial charge is 0.121 e. The molecular formula is C10H9BrN2. The normalized spacial score (nSPS) is 24.7. The van der Waals surface area contributed by atoms with E-state index in [0.29, 0.717) is 0 Å². The van der Waals surface area contributed by atoms with Crippen molar-refractivity contribution in [3.63, 3.8) is 0 Å². The minimum absolute atomic E-state index is 0.0794. The predicted octanol–water partition coefficient (Wildman–Crippen LogP) is 2.87. The highest BCUT2D eigenvalue weighted by molar-refractivity contribution is 9.10. The topological polar surface area (TPSA) is 35.8 Å². The molecule has 0 bridgehead atoms. The van der Waals surface area contributed by atoms with Crippen LogP contribution in [0.1, 0.15) is 18.4 Å². The Labute approximate surface area is 85.7 Å². The molecule has 1 aliphatic heterocycles. The second-order valence-electron chi connectivity index (χ2n) is 3.27. The van der Waals surface area contributed by atoms with Gasteiger partial charge in [0.1, 0.15) is 6.04 Å². The number of nitrogens with zero attached hydrogens (tertiary/aromatic N) is 1. The van der Waals surface area contributed by atoms with Gasteiger partial charge in [0.15, 0.2) is 0 Å². The lowest BCUT2D eigenvalue weighted by molar-refractivity contribution is 0.754. The summed E-state index contributed by atoms with van der Waals surface area (Å²) >= 11 is 3.42. The molecule has 2 unspecified atom stereocenters. The lowest BCUT2D eigenvalue weighted by atomic mass is 9.98. The molecule has 66 valence electrons. The van der Waals surface area contributed by atoms with Gasteiger partial charge in [0.25, 0.3) is 0 Å². The average Bonchev–Trinajstić information content (AvgIpc) is 2.44. The van der Waals surface area contributed by atoms with Gasteiger partial charge < -0.3 is 5.32 Å². The third-order valence-electron chi connectivity index (χ3n) is 2.45. The third kappa shape index (κ3) is 1.31. The molecule has 0 radical (unpaired) electrons. The van der Waals surface area contributed by atoms with E-state index in [1.807, 2.05) is 12.1 Å². The minimum atomic E-state index is -0.0794. The van der Waals surface area contributed by atoms with Crippen LogP contribution in [0.25, 0.3) is 0 Å². The van der Waals surface area contributed by atoms with Gasteiger partial charge in [-0.3, -0.25) is 0 Å². The highest BCUT2D eigenvalue weighted by Crippen LogP contribution is 2.36. The first kappa shape index (κ1) is 8.58. The average molecular weight is 237 g/mol. The Bertz CT molecular complexity index is 381. The number of nitriles is 1. The van der Waals surface area contributed by atoms with E-state index in [-0.39, 0.29) is 12.0 Å². The molecule has 1 N–H and O–H groups in total. The van der Waals surface area contributed by atoms with Crippen LogP contribution in [0.4, 0.5) is 5.69 Å². The molecular weight excluding hydrogens is 228 g/mol. The highest BCUT2D eigenvalue weighted by Gasteiger charge is 2.28. The fourth-order valence-electron chi connectivity index (χ4n) is 1.66. The molecule has 0 spiro atoms. The fourth-order valence-corrected chi connectivity index (χ4v) is 2.04. The Kier molecular flexibility index (Phi) is 2.01. The monoisotopic (exact) mass is 236 g/mol. The van der Waals surface area contributed by atoms with Crippen LogP contribution in [0.2, 0.25) is 0 Å². The Hall–Kier alpha value is -1.01. The van der Waals surface area contributed by atoms with Crippen LogP contribution in [0.15, 0.2) is 22.7 Å². The summed E-state index contributed by atoms with van der Waals surface area (Å²) in [5.41, 5.74) is 2.31. The summed E-state index contributed by atoms with van der Waals surface area (Å²) in [6.07, 6.45) is 0. The molecule has 13 heavy (non-hydrogen) atoms. The van der Waals surface area contributed by atoms with E-state index in [2.05, 4.69) is 40.3 Å². The number of anilines is 1. The van der Waals surface area contributed by atoms with Gasteiger partial charge in [0, 0.05) is 16.1 Å². The van der Waals surface area contributed by atoms with Crippen molar-refractivity contribution < 1.29 is 0 Å². The second kappa shape index (κ2) is 3.04. The number of fused-ring (bicyclic) bond motifs is 1. The van der Waals surface area contributed by atoms with E-state index >= 15 is 0 Å². The lowest BCUT2D eigenvalue weighted by Gasteiger charge is -2.05. The highest BCUT2D eigenvalue weighted by atomic mass is 79.9. The molecule has 0 saturated heterocycles. The van der Waals surface area contributed by atoms with E-state index < -0.39 is 0 Å². The number of benzene rings is 1. The van der Waals surface area contributed by atoms with Crippen molar-refractivity contribution >= 4 is 21.6 Å². The van der Waals surface area contributed by atoms with Crippen LogP contribution in [-0.2, 0) is 0 Å². The summed E-state index contributed by atoms with van der Waals surface area (Å²) in [5, 5.41) is 12.0. The van der Waals surface area contributed by atoms with Crippen molar-refractivity contribution in [2.24, 2.45) is 0 Å². The Morgan fingerprint density at radius 1 is 1.54 bits per heavy atom. The predicted molar refractivity (Wildman–Crippen MR) is 55.6 cm³/mol. The Balaban J connectivity index is 2.46. The minimum Gasteiger partial charge on any atom is -0.369 e. The van der Waals surface area contributed by atoms with Gasteiger partial charge in [-0.25, -0.2) is 0 Å². The number of hydrogen-bond donors (Lipinski definition) is 1. The van der Waals surface area contributed by atoms with Crippen molar-refractivity contribution in [2.75, 3.05) is 5.32 Å². The van der Waals surface area contributed by atoms with Crippen molar-refractivity contribution in [3.05, 3.63) is 28.2 Å². The van der Waals surface area contributed by atoms with Crippen LogP contribution in [0, 0.1) is 11.3 Å². The van der Waals surface area contributed by atoms with Crippen molar-refractivity contribution in [1.82, 2.24) is 0 Å². The summed E-state index contributed by atoms with van der Waals surface area (Å²) in [5.74, 6) is 0.275. The third-order valence-corrected chi connectivity index (χ3v) is 2.95. The first-order chi connectivity index (χ1) is 6.22. The zero-order valence-electron chi connectivity index (χ0n) is 7.21. The van der Waals surface area contributed by atoms with Crippen molar-refractivity contribution in [1.29, 1.82) is 5.26 Å². The number of hydrogen-bond acceptors (Lipinski definition) is 2. The molecule has 0 amide bonds. The van der Waals surface area contributed by atoms with Crippen LogP contribution in [-0.4, -0.2) is 6.04 Å². The van der Waals surface area contributed by atoms with E-state index in [9.17, 15) is 0 Å². The first-order valence-corrected chi connectivity index (χ1v) is 4.97. The van der Waals surface area contributed by atoms with Crippen LogP contribution >= 0.6 is 15.9 Å². The van der Waals surface area contributed by atoms with Gasteiger partial charge in [-0.1, -0.05) is 22.9 Å². The van der Waals surface area contributed by atoms with Crippen LogP contribution < -0.4 is 5.32 Å². The van der Waals surface area contributed by atoms with Gasteiger partial charge in [-0.2, -0.15) is 5.26 Å². The van der Waals surface area contributed by atoms with E-state index in [0.717, 1.165) is 10.2 Å². The first-order valence-electron chi connectivity index (χ1n) is 4.18. The Morgan fingerprint density at radius 2 is 2.31 bits per heavy atom. The molecule has 0 aromatic heterocycles. The zero-order valence-corrected chi connectivity index (χ0v) is 8.80. The van der Waals surface area contributed by atoms with Crippen LogP contribution in [0.5, 0.6) is 0 Å². The molecule has 2 atom stereocenters. The molecule has 1 aromatic rings. The van der Waals surface area contributed by atoms with Crippen molar-refractivity contribution in [2.45, 2.75) is 18.9 Å². The molecule has 1 aromatic carbocycles. The van der Waals surface area contributed by atoms with Gasteiger partial charge in [-0.05, 0) is 23.8 Å². The molecule has 1 heterocycles. The number of rotatable bonds is 0. The second-order valence-corrected chi connectivity index (χ2v) is 4.19. The quantitative estimate of drug-likeness (QED) is 0.753. The maximum atomic E-state index is 8.85. The van der Waals surface area contributed by atoms with Gasteiger partial charge in [0.05, 0.1) is 6.07 Å². The summed E-state index contributed by atoms with van der Waals surface area (Å²) in [4.78, 5) is 0. The van der Waals surface area contributed by atoms with Crippen molar-refractivity contribution in [3.8, 4) is 6.07 Å². The molecule has 2 nitrogen and oxygen atoms in total. The lowest BCUT2D eigenvalue weighted by Crippen LogP contribution is -2.15. The van der Waals surface area contributed by atoms with E-state index in [1.165, 1.54) is 5.56 Å². The Morgan fingerprint density at radius 3 is 3.00 bits per heavy atom. The maximum absolute atomic E-state index is 8.85. The molecule has 2 rings (SSSR count). The van der Waals surface area contributed by atoms with Gasteiger partial charge in [-0.15, -0.1) is 0 Å². The largest absolute Gasteiger partial charge is 0.369 e. The van der Waals surface area contributed by atoms with Gasteiger partial charge >= 0.3 is 0 Å². The number of halogens is 1. The van der Waals surface area contributed by atoms with E-state index in [1.54, 1.807) is 0 Å². The summed E-state index contributed by atoms with van der Waals surface area (Å²) < 4.78 is 1.07. The van der Waals surface area contributed by atoms with E-state index in [4.69, 9.17) is 5.26 Å². The fraction of sp³-hybridized carbons (Fsp3) is 0.300.